The number of allylic oxidation sites excluding steroid dienone is 4. The van der Waals surface area contributed by atoms with Crippen LogP contribution in [0.15, 0.2) is 41.0 Å². The van der Waals surface area contributed by atoms with Gasteiger partial charge in [0.05, 0.1) is 0 Å². The van der Waals surface area contributed by atoms with E-state index < -0.39 is 5.60 Å². The fourth-order valence-electron chi connectivity index (χ4n) is 7.53. The van der Waals surface area contributed by atoms with E-state index in [1.807, 2.05) is 13.0 Å². The van der Waals surface area contributed by atoms with Gasteiger partial charge in [0, 0.05) is 17.0 Å². The lowest BCUT2D eigenvalue weighted by atomic mass is 9.51. The van der Waals surface area contributed by atoms with Crippen molar-refractivity contribution < 1.29 is 14.6 Å². The van der Waals surface area contributed by atoms with Gasteiger partial charge in [-0.25, -0.2) is 0 Å². The molecule has 2 N–H and O–H groups in total. The number of hydrogen-bond acceptors (Lipinski definition) is 4. The van der Waals surface area contributed by atoms with Crippen LogP contribution in [0, 0.1) is 34.5 Å². The molecule has 1 aromatic carbocycles. The first-order valence-electron chi connectivity index (χ1n) is 12.0. The summed E-state index contributed by atoms with van der Waals surface area (Å²) in [5, 5.41) is 20.0. The van der Waals surface area contributed by atoms with Gasteiger partial charge in [-0.3, -0.25) is 0 Å². The lowest BCUT2D eigenvalue weighted by molar-refractivity contribution is -0.0513. The molecule has 0 spiro atoms. The monoisotopic (exact) mass is 429 g/mol. The number of ether oxygens (including phenoxy) is 2. The molecule has 4 heteroatoms. The van der Waals surface area contributed by atoms with Crippen molar-refractivity contribution in [1.29, 1.82) is 5.41 Å². The minimum absolute atomic E-state index is 0.227. The highest BCUT2D eigenvalue weighted by molar-refractivity contribution is 5.95. The van der Waals surface area contributed by atoms with Crippen molar-refractivity contribution >= 4 is 5.71 Å². The van der Waals surface area contributed by atoms with E-state index in [9.17, 15) is 5.11 Å². The van der Waals surface area contributed by atoms with Crippen LogP contribution >= 0.6 is 0 Å². The zero-order chi connectivity index (χ0) is 22.1. The average Bonchev–Trinajstić information content (AvgIpc) is 3.35. The van der Waals surface area contributed by atoms with Crippen LogP contribution in [0.25, 0.3) is 0 Å². The molecule has 6 rings (SSSR count). The molecule has 4 aliphatic carbocycles. The summed E-state index contributed by atoms with van der Waals surface area (Å²) in [4.78, 5) is 0. The number of benzene rings is 1. The summed E-state index contributed by atoms with van der Waals surface area (Å²) in [6, 6.07) is 6.38. The minimum atomic E-state index is -0.929. The Balaban J connectivity index is 1.54. The molecule has 5 aliphatic rings. The van der Waals surface area contributed by atoms with E-state index in [1.54, 1.807) is 5.57 Å². The van der Waals surface area contributed by atoms with Gasteiger partial charge < -0.3 is 20.0 Å². The van der Waals surface area contributed by atoms with Crippen LogP contribution in [-0.2, 0) is 0 Å². The molecule has 0 saturated heterocycles. The predicted molar refractivity (Wildman–Crippen MR) is 124 cm³/mol. The largest absolute Gasteiger partial charge is 0.454 e. The Morgan fingerprint density at radius 3 is 2.81 bits per heavy atom. The lowest BCUT2D eigenvalue weighted by Gasteiger charge is -2.53. The highest BCUT2D eigenvalue weighted by atomic mass is 16.7. The van der Waals surface area contributed by atoms with Crippen LogP contribution in [0.5, 0.6) is 11.5 Å². The first-order chi connectivity index (χ1) is 15.4. The molecular weight excluding hydrogens is 398 g/mol. The van der Waals surface area contributed by atoms with E-state index >= 15 is 0 Å². The van der Waals surface area contributed by atoms with Crippen molar-refractivity contribution in [3.63, 3.8) is 0 Å². The average molecular weight is 430 g/mol. The van der Waals surface area contributed by atoms with Gasteiger partial charge in [0.15, 0.2) is 11.5 Å². The molecule has 2 fully saturated rings. The van der Waals surface area contributed by atoms with E-state index in [-0.39, 0.29) is 18.1 Å². The van der Waals surface area contributed by atoms with Crippen molar-refractivity contribution in [3.8, 4) is 23.3 Å². The fraction of sp³-hybridized carbons (Fsp3) is 0.536. The van der Waals surface area contributed by atoms with Gasteiger partial charge in [-0.2, -0.15) is 0 Å². The van der Waals surface area contributed by atoms with Crippen LogP contribution in [0.1, 0.15) is 70.3 Å². The lowest BCUT2D eigenvalue weighted by Crippen LogP contribution is -2.51. The Kier molecular flexibility index (Phi) is 4.40. The van der Waals surface area contributed by atoms with E-state index in [2.05, 4.69) is 37.0 Å². The quantitative estimate of drug-likeness (QED) is 0.578. The number of rotatable bonds is 1. The summed E-state index contributed by atoms with van der Waals surface area (Å²) in [7, 11) is 0. The van der Waals surface area contributed by atoms with Crippen LogP contribution < -0.4 is 9.47 Å². The second-order valence-corrected chi connectivity index (χ2v) is 10.4. The van der Waals surface area contributed by atoms with Crippen molar-refractivity contribution in [1.82, 2.24) is 0 Å². The maximum atomic E-state index is 11.7. The first-order valence-corrected chi connectivity index (χ1v) is 12.0. The standard InChI is InChI=1S/C28H31NO3/c1-3-11-28(30)12-10-23-21-7-4-17-13-19(29)6-8-20(17)26(21)22(15-27(23,28)2)18-5-9-24-25(14-18)32-16-31-24/h5,9,13-14,21-23,29-30H,4,6-8,10,12,15-16H2,1-2H3/t21-,22+,23-,27-,28-/m0/s1. The van der Waals surface area contributed by atoms with Crippen LogP contribution in [0.2, 0.25) is 0 Å². The number of fused-ring (bicyclic) bond motifs is 5. The third-order valence-electron chi connectivity index (χ3n) is 9.05. The third-order valence-corrected chi connectivity index (χ3v) is 9.05. The maximum Gasteiger partial charge on any atom is 0.231 e. The van der Waals surface area contributed by atoms with Gasteiger partial charge in [0.1, 0.15) is 5.60 Å². The maximum absolute atomic E-state index is 11.7. The molecule has 0 amide bonds. The van der Waals surface area contributed by atoms with Gasteiger partial charge in [-0.15, -0.1) is 5.92 Å². The molecule has 4 nitrogen and oxygen atoms in total. The van der Waals surface area contributed by atoms with Crippen molar-refractivity contribution in [2.24, 2.45) is 17.3 Å². The Morgan fingerprint density at radius 1 is 1.12 bits per heavy atom. The summed E-state index contributed by atoms with van der Waals surface area (Å²) >= 11 is 0. The second-order valence-electron chi connectivity index (χ2n) is 10.4. The molecule has 1 aliphatic heterocycles. The SMILES string of the molecule is CC#C[C@]1(O)CC[C@H]2[C@@H]3CCC4=CC(=N)CCC4=C3[C@@H](c3ccc4c(c3)OCO4)C[C@@]21C. The molecule has 2 saturated carbocycles. The minimum Gasteiger partial charge on any atom is -0.454 e. The first kappa shape index (κ1) is 20.1. The molecule has 32 heavy (non-hydrogen) atoms. The highest BCUT2D eigenvalue weighted by Gasteiger charge is 2.62. The summed E-state index contributed by atoms with van der Waals surface area (Å²) in [5.41, 5.74) is 5.29. The Hall–Kier alpha value is -2.51. The second kappa shape index (κ2) is 6.99. The van der Waals surface area contributed by atoms with Crippen LogP contribution in [0.4, 0.5) is 0 Å². The van der Waals surface area contributed by atoms with Crippen molar-refractivity contribution in [2.75, 3.05) is 6.79 Å². The van der Waals surface area contributed by atoms with E-state index in [4.69, 9.17) is 14.9 Å². The molecule has 5 atom stereocenters. The normalized spacial score (nSPS) is 37.2. The van der Waals surface area contributed by atoms with E-state index in [1.165, 1.54) is 16.7 Å². The summed E-state index contributed by atoms with van der Waals surface area (Å²) in [5.74, 6) is 9.05. The summed E-state index contributed by atoms with van der Waals surface area (Å²) < 4.78 is 11.3. The van der Waals surface area contributed by atoms with E-state index in [0.29, 0.717) is 11.8 Å². The molecule has 0 bridgehead atoms. The van der Waals surface area contributed by atoms with Gasteiger partial charge in [0.2, 0.25) is 6.79 Å². The van der Waals surface area contributed by atoms with Gasteiger partial charge in [-0.05, 0) is 98.6 Å². The molecule has 166 valence electrons. The Morgan fingerprint density at radius 2 is 1.97 bits per heavy atom. The molecule has 1 aromatic rings. The molecule has 0 aromatic heterocycles. The van der Waals surface area contributed by atoms with Gasteiger partial charge in [-0.1, -0.05) is 24.5 Å². The summed E-state index contributed by atoms with van der Waals surface area (Å²) in [6.07, 6.45) is 8.76. The van der Waals surface area contributed by atoms with E-state index in [0.717, 1.165) is 62.2 Å². The zero-order valence-electron chi connectivity index (χ0n) is 19.0. The smallest absolute Gasteiger partial charge is 0.231 e. The number of aliphatic hydroxyl groups is 1. The van der Waals surface area contributed by atoms with Crippen molar-refractivity contribution in [3.05, 3.63) is 46.6 Å². The molecule has 1 heterocycles. The third kappa shape index (κ3) is 2.70. The summed E-state index contributed by atoms with van der Waals surface area (Å²) in [6.45, 7) is 4.41. The Bertz CT molecular complexity index is 1140. The zero-order valence-corrected chi connectivity index (χ0v) is 19.0. The number of hydrogen-bond donors (Lipinski definition) is 2. The fourth-order valence-corrected chi connectivity index (χ4v) is 7.53. The number of nitrogens with one attached hydrogen (secondary N) is 1. The van der Waals surface area contributed by atoms with Crippen LogP contribution in [-0.4, -0.2) is 23.2 Å². The topological polar surface area (TPSA) is 62.5 Å². The molecule has 0 unspecified atom stereocenters. The van der Waals surface area contributed by atoms with Crippen molar-refractivity contribution in [2.45, 2.75) is 70.3 Å². The molecular formula is C28H31NO3. The Labute approximate surface area is 190 Å². The van der Waals surface area contributed by atoms with Crippen LogP contribution in [0.3, 0.4) is 0 Å². The highest BCUT2D eigenvalue weighted by Crippen LogP contribution is 2.66. The van der Waals surface area contributed by atoms with Gasteiger partial charge >= 0.3 is 0 Å². The predicted octanol–water partition coefficient (Wildman–Crippen LogP) is 5.52. The molecule has 0 radical (unpaired) electrons. The van der Waals surface area contributed by atoms with Gasteiger partial charge in [0.25, 0.3) is 0 Å².